The first kappa shape index (κ1) is 10.7. The molecule has 0 heterocycles. The molecule has 0 saturated heterocycles. The van der Waals surface area contributed by atoms with Gasteiger partial charge >= 0.3 is 0 Å². The van der Waals surface area contributed by atoms with Gasteiger partial charge < -0.3 is 0 Å². The van der Waals surface area contributed by atoms with Gasteiger partial charge in [0.15, 0.2) is 0 Å². The Kier molecular flexibility index (Phi) is 2.82. The highest BCUT2D eigenvalue weighted by Gasteiger charge is 2.28. The van der Waals surface area contributed by atoms with E-state index in [0.717, 1.165) is 11.6 Å². The van der Waals surface area contributed by atoms with Crippen molar-refractivity contribution in [2.45, 2.75) is 18.7 Å². The molecule has 13 heavy (non-hydrogen) atoms. The van der Waals surface area contributed by atoms with Crippen LogP contribution in [0.25, 0.3) is 0 Å². The van der Waals surface area contributed by atoms with Gasteiger partial charge in [-0.25, -0.2) is 0 Å². The summed E-state index contributed by atoms with van der Waals surface area (Å²) in [7, 11) is 0. The van der Waals surface area contributed by atoms with Crippen molar-refractivity contribution in [3.63, 3.8) is 0 Å². The minimum absolute atomic E-state index is 0.164. The zero-order valence-electron chi connectivity index (χ0n) is 7.07. The molecule has 0 nitrogen and oxygen atoms in total. The minimum Gasteiger partial charge on any atom is -0.120 e. The second-order valence-electron chi connectivity index (χ2n) is 2.73. The van der Waals surface area contributed by atoms with E-state index >= 15 is 0 Å². The lowest BCUT2D eigenvalue weighted by Gasteiger charge is -2.14. The summed E-state index contributed by atoms with van der Waals surface area (Å²) in [6.07, 6.45) is 0. The van der Waals surface area contributed by atoms with Gasteiger partial charge in [-0.3, -0.25) is 0 Å². The van der Waals surface area contributed by atoms with Gasteiger partial charge in [0, 0.05) is 0 Å². The van der Waals surface area contributed by atoms with E-state index in [9.17, 15) is 11.7 Å². The Morgan fingerprint density at radius 2 is 1.69 bits per heavy atom. The molecule has 0 aliphatic rings. The fourth-order valence-corrected chi connectivity index (χ4v) is 1.99. The van der Waals surface area contributed by atoms with Crippen molar-refractivity contribution in [1.29, 1.82) is 0 Å². The third kappa shape index (κ3) is 2.11. The van der Waals surface area contributed by atoms with Crippen LogP contribution in [0.4, 0.5) is 11.7 Å². The lowest BCUT2D eigenvalue weighted by Crippen LogP contribution is -1.88. The van der Waals surface area contributed by atoms with E-state index in [1.807, 2.05) is 0 Å². The zero-order valence-corrected chi connectivity index (χ0v) is 8.65. The molecule has 0 aliphatic heterocycles. The van der Waals surface area contributed by atoms with Crippen LogP contribution in [0.5, 0.6) is 0 Å². The molecule has 0 N–H and O–H groups in total. The molecule has 0 unspecified atom stereocenters. The fraction of sp³-hybridized carbons (Fsp3) is 0.250. The number of halogens is 4. The summed E-state index contributed by atoms with van der Waals surface area (Å²) in [6.45, 7) is 3.32. The van der Waals surface area contributed by atoms with Gasteiger partial charge in [0.1, 0.15) is 0 Å². The maximum absolute atomic E-state index is 12.4. The fourth-order valence-electron chi connectivity index (χ4n) is 0.936. The normalized spacial score (nSPS) is 13.1. The third-order valence-corrected chi connectivity index (χ3v) is 3.31. The van der Waals surface area contributed by atoms with Crippen molar-refractivity contribution in [3.8, 4) is 0 Å². The molecule has 74 valence electrons. The van der Waals surface area contributed by atoms with Crippen LogP contribution in [-0.2, 0) is 0 Å². The van der Waals surface area contributed by atoms with Crippen molar-refractivity contribution in [2.24, 2.45) is 0 Å². The molecule has 0 saturated carbocycles. The second kappa shape index (κ2) is 3.42. The van der Waals surface area contributed by atoms with Crippen LogP contribution in [0.15, 0.2) is 17.0 Å². The highest BCUT2D eigenvalue weighted by molar-refractivity contribution is 8.21. The Hall–Kier alpha value is -0.350. The Labute approximate surface area is 81.9 Å². The van der Waals surface area contributed by atoms with Gasteiger partial charge in [-0.05, 0) is 31.0 Å². The molecule has 0 fully saturated rings. The Balaban J connectivity index is 3.35. The van der Waals surface area contributed by atoms with Crippen LogP contribution in [0.2, 0.25) is 5.02 Å². The summed E-state index contributed by atoms with van der Waals surface area (Å²) in [4.78, 5) is -0.683. The maximum atomic E-state index is 12.4. The summed E-state index contributed by atoms with van der Waals surface area (Å²) in [5.74, 6) is 0. The quantitative estimate of drug-likeness (QED) is 0.649. The highest BCUT2D eigenvalue weighted by atomic mass is 35.5. The summed E-state index contributed by atoms with van der Waals surface area (Å²) >= 11 is 0.379. The second-order valence-corrected chi connectivity index (χ2v) is 4.36. The molecule has 0 aliphatic carbocycles. The van der Waals surface area contributed by atoms with Gasteiger partial charge in [-0.15, -0.1) is 11.7 Å². The Bertz CT molecular complexity index is 333. The number of hydrogen-bond donors (Lipinski definition) is 0. The molecule has 0 atom stereocenters. The van der Waals surface area contributed by atoms with Crippen molar-refractivity contribution in [2.75, 3.05) is 0 Å². The van der Waals surface area contributed by atoms with E-state index in [1.54, 1.807) is 13.8 Å². The molecule has 5 heteroatoms. The molecular weight excluding hydrogens is 221 g/mol. The third-order valence-electron chi connectivity index (χ3n) is 1.87. The lowest BCUT2D eigenvalue weighted by atomic mass is 10.1. The smallest absolute Gasteiger partial charge is 0.120 e. The Morgan fingerprint density at radius 1 is 1.15 bits per heavy atom. The Morgan fingerprint density at radius 3 is 2.15 bits per heavy atom. The van der Waals surface area contributed by atoms with Crippen LogP contribution in [0.1, 0.15) is 11.1 Å². The number of benzene rings is 1. The van der Waals surface area contributed by atoms with Gasteiger partial charge in [0.25, 0.3) is 0 Å². The predicted molar refractivity (Wildman–Crippen MR) is 50.1 cm³/mol. The topological polar surface area (TPSA) is 0 Å². The molecule has 1 aromatic rings. The summed E-state index contributed by atoms with van der Waals surface area (Å²) < 4.78 is 37.1. The SMILES string of the molecule is Cc1ccc(S(F)(F)F)c(Cl)c1C. The van der Waals surface area contributed by atoms with Crippen LogP contribution >= 0.6 is 22.8 Å². The van der Waals surface area contributed by atoms with E-state index in [-0.39, 0.29) is 5.02 Å². The van der Waals surface area contributed by atoms with Crippen molar-refractivity contribution in [1.82, 2.24) is 0 Å². The van der Waals surface area contributed by atoms with Crippen molar-refractivity contribution >= 4 is 22.8 Å². The molecular formula is C8H8ClF3S. The van der Waals surface area contributed by atoms with Crippen LogP contribution in [0.3, 0.4) is 0 Å². The van der Waals surface area contributed by atoms with E-state index in [0.29, 0.717) is 5.56 Å². The van der Waals surface area contributed by atoms with Crippen molar-refractivity contribution < 1.29 is 11.7 Å². The van der Waals surface area contributed by atoms with Crippen molar-refractivity contribution in [3.05, 3.63) is 28.3 Å². The molecule has 0 bridgehead atoms. The highest BCUT2D eigenvalue weighted by Crippen LogP contribution is 2.63. The molecule has 1 rings (SSSR count). The first-order valence-electron chi connectivity index (χ1n) is 3.52. The molecule has 0 amide bonds. The lowest BCUT2D eigenvalue weighted by molar-refractivity contribution is 0.633. The number of rotatable bonds is 1. The first-order valence-corrected chi connectivity index (χ1v) is 5.23. The standard InChI is InChI=1S/C8H8ClF3S/c1-5-3-4-7(13(10,11)12)8(9)6(5)2/h3-4H,1-2H3. The average molecular weight is 229 g/mol. The van der Waals surface area contributed by atoms with Gasteiger partial charge in [0.2, 0.25) is 11.2 Å². The van der Waals surface area contributed by atoms with E-state index < -0.39 is 16.1 Å². The average Bonchev–Trinajstić information content (AvgIpc) is 1.98. The van der Waals surface area contributed by atoms with E-state index in [1.165, 1.54) is 6.07 Å². The predicted octanol–water partition coefficient (Wildman–Crippen LogP) is 4.77. The van der Waals surface area contributed by atoms with E-state index in [2.05, 4.69) is 0 Å². The van der Waals surface area contributed by atoms with Crippen LogP contribution in [0, 0.1) is 13.8 Å². The maximum Gasteiger partial charge on any atom is 0.239 e. The molecule has 0 aromatic heterocycles. The van der Waals surface area contributed by atoms with Gasteiger partial charge in [0.05, 0.1) is 9.92 Å². The van der Waals surface area contributed by atoms with E-state index in [4.69, 9.17) is 11.6 Å². The molecule has 1 aromatic carbocycles. The summed E-state index contributed by atoms with van der Waals surface area (Å²) in [5, 5.41) is -0.164. The largest absolute Gasteiger partial charge is 0.239 e. The minimum atomic E-state index is -5.20. The monoisotopic (exact) mass is 228 g/mol. The van der Waals surface area contributed by atoms with Crippen LogP contribution in [-0.4, -0.2) is 0 Å². The zero-order chi connectivity index (χ0) is 10.2. The summed E-state index contributed by atoms with van der Waals surface area (Å²) in [6, 6.07) is 2.48. The van der Waals surface area contributed by atoms with Gasteiger partial charge in [-0.1, -0.05) is 17.7 Å². The molecule has 0 spiro atoms. The number of aryl methyl sites for hydroxylation is 1. The van der Waals surface area contributed by atoms with Gasteiger partial charge in [-0.2, -0.15) is 0 Å². The first-order chi connectivity index (χ1) is 5.84. The number of hydrogen-bond acceptors (Lipinski definition) is 0. The van der Waals surface area contributed by atoms with Crippen LogP contribution < -0.4 is 0 Å². The summed E-state index contributed by atoms with van der Waals surface area (Å²) in [5.41, 5.74) is 1.28. The molecule has 0 radical (unpaired) electrons.